The van der Waals surface area contributed by atoms with Crippen molar-refractivity contribution in [1.29, 1.82) is 0 Å². The van der Waals surface area contributed by atoms with E-state index >= 15 is 0 Å². The van der Waals surface area contributed by atoms with E-state index in [9.17, 15) is 0 Å². The molecule has 1 saturated heterocycles. The van der Waals surface area contributed by atoms with Gasteiger partial charge in [0.15, 0.2) is 11.5 Å². The van der Waals surface area contributed by atoms with Gasteiger partial charge >= 0.3 is 0 Å². The molecule has 25 heavy (non-hydrogen) atoms. The van der Waals surface area contributed by atoms with Crippen LogP contribution in [0.25, 0.3) is 22.0 Å². The third-order valence-electron chi connectivity index (χ3n) is 4.39. The molecule has 3 heterocycles. The molecule has 0 N–H and O–H groups in total. The van der Waals surface area contributed by atoms with Crippen molar-refractivity contribution in [1.82, 2.24) is 20.1 Å². The molecular weight excluding hydrogens is 332 g/mol. The van der Waals surface area contributed by atoms with Crippen molar-refractivity contribution in [3.05, 3.63) is 47.8 Å². The molecule has 0 aliphatic carbocycles. The maximum atomic E-state index is 6.29. The summed E-state index contributed by atoms with van der Waals surface area (Å²) in [6, 6.07) is 14.0. The highest BCUT2D eigenvalue weighted by atomic mass is 32.1. The van der Waals surface area contributed by atoms with Gasteiger partial charge in [0.2, 0.25) is 5.88 Å². The second kappa shape index (κ2) is 7.29. The number of likely N-dealkylation sites (tertiary alicyclic amines) is 1. The Morgan fingerprint density at radius 1 is 1.04 bits per heavy atom. The molecule has 0 spiro atoms. The van der Waals surface area contributed by atoms with E-state index in [4.69, 9.17) is 9.72 Å². The normalized spacial score (nSPS) is 16.0. The summed E-state index contributed by atoms with van der Waals surface area (Å²) in [7, 11) is 2.15. The summed E-state index contributed by atoms with van der Waals surface area (Å²) >= 11 is 1.61. The van der Waals surface area contributed by atoms with E-state index < -0.39 is 0 Å². The lowest BCUT2D eigenvalue weighted by Crippen LogP contribution is -2.36. The fourth-order valence-electron chi connectivity index (χ4n) is 2.94. The number of hydrogen-bond donors (Lipinski definition) is 0. The van der Waals surface area contributed by atoms with Crippen LogP contribution in [0.3, 0.4) is 0 Å². The molecule has 0 unspecified atom stereocenters. The number of nitrogens with zero attached hydrogens (tertiary/aromatic N) is 4. The second-order valence-electron chi connectivity index (χ2n) is 6.25. The maximum Gasteiger partial charge on any atom is 0.244 e. The summed E-state index contributed by atoms with van der Waals surface area (Å²) in [5.74, 6) is 1.21. The summed E-state index contributed by atoms with van der Waals surface area (Å²) in [5.41, 5.74) is 1.68. The lowest BCUT2D eigenvalue weighted by molar-refractivity contribution is 0.110. The maximum absolute atomic E-state index is 6.29. The van der Waals surface area contributed by atoms with Crippen molar-refractivity contribution in [3.8, 4) is 27.8 Å². The van der Waals surface area contributed by atoms with Gasteiger partial charge in [-0.15, -0.1) is 21.5 Å². The van der Waals surface area contributed by atoms with Crippen molar-refractivity contribution in [3.63, 3.8) is 0 Å². The highest BCUT2D eigenvalue weighted by Crippen LogP contribution is 2.30. The minimum absolute atomic E-state index is 0.173. The number of ether oxygens (including phenoxy) is 1. The topological polar surface area (TPSA) is 51.1 Å². The average molecular weight is 352 g/mol. The molecule has 0 amide bonds. The molecule has 2 aromatic heterocycles. The molecule has 0 bridgehead atoms. The standard InChI is InChI=1S/C19H20N4OS/c1-23-11-9-15(10-12-23)24-19-17(14-6-3-2-4-7-14)21-22-18(20-19)16-8-5-13-25-16/h2-8,13,15H,9-12H2,1H3. The summed E-state index contributed by atoms with van der Waals surface area (Å²) in [4.78, 5) is 8.03. The molecule has 3 aromatic rings. The van der Waals surface area contributed by atoms with E-state index in [1.165, 1.54) is 0 Å². The van der Waals surface area contributed by atoms with Gasteiger partial charge in [0.05, 0.1) is 4.88 Å². The first-order chi connectivity index (χ1) is 12.3. The van der Waals surface area contributed by atoms with E-state index in [-0.39, 0.29) is 6.10 Å². The summed E-state index contributed by atoms with van der Waals surface area (Å²) in [6.07, 6.45) is 2.18. The van der Waals surface area contributed by atoms with Gasteiger partial charge in [-0.25, -0.2) is 0 Å². The zero-order valence-electron chi connectivity index (χ0n) is 14.1. The molecule has 0 radical (unpaired) electrons. The van der Waals surface area contributed by atoms with Crippen LogP contribution in [0.15, 0.2) is 47.8 Å². The molecular formula is C19H20N4OS. The van der Waals surface area contributed by atoms with Crippen molar-refractivity contribution >= 4 is 11.3 Å². The monoisotopic (exact) mass is 352 g/mol. The zero-order valence-corrected chi connectivity index (χ0v) is 14.9. The number of aromatic nitrogens is 3. The van der Waals surface area contributed by atoms with Crippen LogP contribution in [0.5, 0.6) is 5.88 Å². The van der Waals surface area contributed by atoms with Crippen LogP contribution in [0, 0.1) is 0 Å². The van der Waals surface area contributed by atoms with Gasteiger partial charge in [-0.05, 0) is 31.3 Å². The third kappa shape index (κ3) is 3.70. The highest BCUT2D eigenvalue weighted by molar-refractivity contribution is 7.13. The van der Waals surface area contributed by atoms with Gasteiger partial charge in [0.1, 0.15) is 6.10 Å². The lowest BCUT2D eigenvalue weighted by Gasteiger charge is -2.29. The van der Waals surface area contributed by atoms with Crippen LogP contribution >= 0.6 is 11.3 Å². The minimum Gasteiger partial charge on any atom is -0.473 e. The summed E-state index contributed by atoms with van der Waals surface area (Å²) in [6.45, 7) is 2.09. The Kier molecular flexibility index (Phi) is 4.72. The second-order valence-corrected chi connectivity index (χ2v) is 7.20. The number of benzene rings is 1. The number of hydrogen-bond acceptors (Lipinski definition) is 6. The van der Waals surface area contributed by atoms with E-state index in [1.54, 1.807) is 11.3 Å². The fourth-order valence-corrected chi connectivity index (χ4v) is 3.59. The van der Waals surface area contributed by atoms with E-state index in [0.29, 0.717) is 17.4 Å². The van der Waals surface area contributed by atoms with E-state index in [2.05, 4.69) is 22.1 Å². The average Bonchev–Trinajstić information content (AvgIpc) is 3.19. The number of rotatable bonds is 4. The lowest BCUT2D eigenvalue weighted by atomic mass is 10.1. The molecule has 4 rings (SSSR count). The largest absolute Gasteiger partial charge is 0.473 e. The predicted octanol–water partition coefficient (Wildman–Crippen LogP) is 3.74. The summed E-state index contributed by atoms with van der Waals surface area (Å²) < 4.78 is 6.29. The molecule has 0 saturated carbocycles. The predicted molar refractivity (Wildman–Crippen MR) is 99.7 cm³/mol. The molecule has 1 fully saturated rings. The Morgan fingerprint density at radius 3 is 2.56 bits per heavy atom. The van der Waals surface area contributed by atoms with Crippen LogP contribution in [0.2, 0.25) is 0 Å². The van der Waals surface area contributed by atoms with Crippen molar-refractivity contribution in [2.45, 2.75) is 18.9 Å². The van der Waals surface area contributed by atoms with Gasteiger partial charge in [-0.2, -0.15) is 4.98 Å². The fraction of sp³-hybridized carbons (Fsp3) is 0.316. The first kappa shape index (κ1) is 16.2. The van der Waals surface area contributed by atoms with Crippen LogP contribution in [-0.4, -0.2) is 46.3 Å². The number of thiophene rings is 1. The molecule has 1 aliphatic rings. The molecule has 1 aromatic carbocycles. The Bertz CT molecular complexity index is 815. The highest BCUT2D eigenvalue weighted by Gasteiger charge is 2.22. The zero-order chi connectivity index (χ0) is 17.1. The van der Waals surface area contributed by atoms with Gasteiger partial charge < -0.3 is 9.64 Å². The Labute approximate surface area is 151 Å². The smallest absolute Gasteiger partial charge is 0.244 e. The van der Waals surface area contributed by atoms with Gasteiger partial charge in [-0.1, -0.05) is 36.4 Å². The van der Waals surface area contributed by atoms with Crippen LogP contribution < -0.4 is 4.74 Å². The Balaban J connectivity index is 1.68. The quantitative estimate of drug-likeness (QED) is 0.716. The van der Waals surface area contributed by atoms with Crippen LogP contribution in [0.4, 0.5) is 0 Å². The molecule has 0 atom stereocenters. The van der Waals surface area contributed by atoms with E-state index in [0.717, 1.165) is 36.4 Å². The Morgan fingerprint density at radius 2 is 1.84 bits per heavy atom. The molecule has 1 aliphatic heterocycles. The van der Waals surface area contributed by atoms with Gasteiger partial charge in [-0.3, -0.25) is 0 Å². The first-order valence-corrected chi connectivity index (χ1v) is 9.37. The van der Waals surface area contributed by atoms with Gasteiger partial charge in [0, 0.05) is 18.7 Å². The van der Waals surface area contributed by atoms with Crippen LogP contribution in [-0.2, 0) is 0 Å². The SMILES string of the molecule is CN1CCC(Oc2nc(-c3cccs3)nnc2-c2ccccc2)CC1. The van der Waals surface area contributed by atoms with Crippen molar-refractivity contribution in [2.75, 3.05) is 20.1 Å². The molecule has 6 heteroatoms. The molecule has 5 nitrogen and oxygen atoms in total. The van der Waals surface area contributed by atoms with E-state index in [1.807, 2.05) is 47.8 Å². The first-order valence-electron chi connectivity index (χ1n) is 8.49. The van der Waals surface area contributed by atoms with Crippen molar-refractivity contribution < 1.29 is 4.74 Å². The van der Waals surface area contributed by atoms with Crippen molar-refractivity contribution in [2.24, 2.45) is 0 Å². The van der Waals surface area contributed by atoms with Gasteiger partial charge in [0.25, 0.3) is 0 Å². The Hall–Kier alpha value is -2.31. The summed E-state index contributed by atoms with van der Waals surface area (Å²) in [5, 5.41) is 10.8. The minimum atomic E-state index is 0.173. The third-order valence-corrected chi connectivity index (χ3v) is 5.25. The van der Waals surface area contributed by atoms with Crippen LogP contribution in [0.1, 0.15) is 12.8 Å². The molecule has 128 valence electrons. The number of piperidine rings is 1.